The molecule has 2 rings (SSSR count). The van der Waals surface area contributed by atoms with Crippen LogP contribution in [-0.2, 0) is 19.4 Å². The molecule has 0 bridgehead atoms. The standard InChI is InChI=1S/C14H18N2/c1-2-10-16-12-15-11-14(16)9-8-13-6-4-3-5-7-13/h3-7,11-12H,2,8-10H2,1H3. The van der Waals surface area contributed by atoms with Gasteiger partial charge in [-0.25, -0.2) is 4.98 Å². The third-order valence-electron chi connectivity index (χ3n) is 2.78. The van der Waals surface area contributed by atoms with E-state index in [0.717, 1.165) is 25.8 Å². The SMILES string of the molecule is CCCn1cncc1CCc1ccccc1. The molecule has 1 heterocycles. The number of benzene rings is 1. The zero-order valence-electron chi connectivity index (χ0n) is 9.76. The van der Waals surface area contributed by atoms with E-state index in [0.29, 0.717) is 0 Å². The highest BCUT2D eigenvalue weighted by atomic mass is 15.0. The van der Waals surface area contributed by atoms with Crippen LogP contribution in [0.3, 0.4) is 0 Å². The molecule has 0 atom stereocenters. The van der Waals surface area contributed by atoms with E-state index in [-0.39, 0.29) is 0 Å². The molecule has 16 heavy (non-hydrogen) atoms. The van der Waals surface area contributed by atoms with E-state index in [2.05, 4.69) is 46.8 Å². The van der Waals surface area contributed by atoms with E-state index in [1.54, 1.807) is 0 Å². The van der Waals surface area contributed by atoms with Crippen LogP contribution in [-0.4, -0.2) is 9.55 Å². The number of rotatable bonds is 5. The van der Waals surface area contributed by atoms with Gasteiger partial charge in [-0.15, -0.1) is 0 Å². The monoisotopic (exact) mass is 214 g/mol. The van der Waals surface area contributed by atoms with Gasteiger partial charge in [-0.1, -0.05) is 37.3 Å². The minimum absolute atomic E-state index is 1.07. The Kier molecular flexibility index (Phi) is 3.76. The summed E-state index contributed by atoms with van der Waals surface area (Å²) in [6.45, 7) is 3.27. The molecule has 2 aromatic rings. The first-order chi connectivity index (χ1) is 7.90. The second-order valence-corrected chi connectivity index (χ2v) is 4.06. The lowest BCUT2D eigenvalue weighted by molar-refractivity contribution is 0.642. The minimum atomic E-state index is 1.07. The lowest BCUT2D eigenvalue weighted by Crippen LogP contribution is -2.02. The second-order valence-electron chi connectivity index (χ2n) is 4.06. The summed E-state index contributed by atoms with van der Waals surface area (Å²) in [5, 5.41) is 0. The molecule has 84 valence electrons. The molecule has 0 saturated carbocycles. The molecule has 2 nitrogen and oxygen atoms in total. The Balaban J connectivity index is 1.97. The first kappa shape index (κ1) is 10.9. The van der Waals surface area contributed by atoms with Crippen LogP contribution in [0.5, 0.6) is 0 Å². The molecule has 1 aromatic carbocycles. The van der Waals surface area contributed by atoms with Gasteiger partial charge in [0.25, 0.3) is 0 Å². The van der Waals surface area contributed by atoms with Crippen LogP contribution in [0, 0.1) is 0 Å². The number of hydrogen-bond acceptors (Lipinski definition) is 1. The molecule has 2 heteroatoms. The fraction of sp³-hybridized carbons (Fsp3) is 0.357. The Morgan fingerprint density at radius 3 is 2.69 bits per heavy atom. The molecule has 0 fully saturated rings. The topological polar surface area (TPSA) is 17.8 Å². The van der Waals surface area contributed by atoms with Crippen molar-refractivity contribution in [1.29, 1.82) is 0 Å². The summed E-state index contributed by atoms with van der Waals surface area (Å²) in [5.41, 5.74) is 2.73. The molecule has 0 aliphatic rings. The largest absolute Gasteiger partial charge is 0.335 e. The van der Waals surface area contributed by atoms with Gasteiger partial charge in [0.1, 0.15) is 0 Å². The summed E-state index contributed by atoms with van der Waals surface area (Å²) in [6.07, 6.45) is 7.25. The molecule has 0 aliphatic carbocycles. The third kappa shape index (κ3) is 2.72. The maximum absolute atomic E-state index is 4.22. The molecule has 0 saturated heterocycles. The number of imidazole rings is 1. The summed E-state index contributed by atoms with van der Waals surface area (Å²) in [4.78, 5) is 4.22. The highest BCUT2D eigenvalue weighted by molar-refractivity contribution is 5.16. The number of aromatic nitrogens is 2. The summed E-state index contributed by atoms with van der Waals surface area (Å²) >= 11 is 0. The van der Waals surface area contributed by atoms with Crippen LogP contribution >= 0.6 is 0 Å². The van der Waals surface area contributed by atoms with Crippen LogP contribution in [0.4, 0.5) is 0 Å². The Morgan fingerprint density at radius 2 is 1.94 bits per heavy atom. The Labute approximate surface area is 97.0 Å². The minimum Gasteiger partial charge on any atom is -0.335 e. The van der Waals surface area contributed by atoms with Crippen molar-refractivity contribution in [3.63, 3.8) is 0 Å². The van der Waals surface area contributed by atoms with E-state index in [1.165, 1.54) is 11.3 Å². The normalized spacial score (nSPS) is 10.6. The molecule has 0 amide bonds. The van der Waals surface area contributed by atoms with Gasteiger partial charge in [0.2, 0.25) is 0 Å². The highest BCUT2D eigenvalue weighted by Gasteiger charge is 2.01. The summed E-state index contributed by atoms with van der Waals surface area (Å²) in [7, 11) is 0. The highest BCUT2D eigenvalue weighted by Crippen LogP contribution is 2.07. The summed E-state index contributed by atoms with van der Waals surface area (Å²) in [5.74, 6) is 0. The van der Waals surface area contributed by atoms with Crippen molar-refractivity contribution in [3.8, 4) is 0 Å². The first-order valence-electron chi connectivity index (χ1n) is 5.93. The van der Waals surface area contributed by atoms with Gasteiger partial charge < -0.3 is 4.57 Å². The van der Waals surface area contributed by atoms with Crippen LogP contribution in [0.1, 0.15) is 24.6 Å². The van der Waals surface area contributed by atoms with Crippen LogP contribution < -0.4 is 0 Å². The van der Waals surface area contributed by atoms with E-state index < -0.39 is 0 Å². The molecule has 0 radical (unpaired) electrons. The smallest absolute Gasteiger partial charge is 0.0948 e. The molecule has 0 unspecified atom stereocenters. The molecule has 1 aromatic heterocycles. The van der Waals surface area contributed by atoms with Gasteiger partial charge in [0, 0.05) is 18.4 Å². The average molecular weight is 214 g/mol. The molecule has 0 aliphatic heterocycles. The van der Waals surface area contributed by atoms with E-state index in [4.69, 9.17) is 0 Å². The van der Waals surface area contributed by atoms with E-state index in [1.807, 2.05) is 12.5 Å². The molecule has 0 N–H and O–H groups in total. The first-order valence-corrected chi connectivity index (χ1v) is 5.93. The van der Waals surface area contributed by atoms with Gasteiger partial charge in [0.05, 0.1) is 6.33 Å². The number of hydrogen-bond donors (Lipinski definition) is 0. The zero-order chi connectivity index (χ0) is 11.2. The van der Waals surface area contributed by atoms with Crippen molar-refractivity contribution in [3.05, 3.63) is 54.1 Å². The van der Waals surface area contributed by atoms with Crippen LogP contribution in [0.15, 0.2) is 42.9 Å². The fourth-order valence-electron chi connectivity index (χ4n) is 1.92. The average Bonchev–Trinajstić information content (AvgIpc) is 2.76. The van der Waals surface area contributed by atoms with Gasteiger partial charge in [0.15, 0.2) is 0 Å². The van der Waals surface area contributed by atoms with Crippen LogP contribution in [0.25, 0.3) is 0 Å². The molecular weight excluding hydrogens is 196 g/mol. The lowest BCUT2D eigenvalue weighted by Gasteiger charge is -2.06. The van der Waals surface area contributed by atoms with Gasteiger partial charge in [-0.2, -0.15) is 0 Å². The maximum Gasteiger partial charge on any atom is 0.0948 e. The predicted octanol–water partition coefficient (Wildman–Crippen LogP) is 3.08. The van der Waals surface area contributed by atoms with Crippen molar-refractivity contribution < 1.29 is 0 Å². The summed E-state index contributed by atoms with van der Waals surface area (Å²) < 4.78 is 2.25. The van der Waals surface area contributed by atoms with E-state index >= 15 is 0 Å². The fourth-order valence-corrected chi connectivity index (χ4v) is 1.92. The third-order valence-corrected chi connectivity index (χ3v) is 2.78. The van der Waals surface area contributed by atoms with Gasteiger partial charge in [-0.05, 0) is 24.8 Å². The number of aryl methyl sites for hydroxylation is 3. The van der Waals surface area contributed by atoms with Crippen molar-refractivity contribution in [2.75, 3.05) is 0 Å². The Bertz CT molecular complexity index is 417. The Morgan fingerprint density at radius 1 is 1.12 bits per heavy atom. The second kappa shape index (κ2) is 5.50. The molecule has 0 spiro atoms. The lowest BCUT2D eigenvalue weighted by atomic mass is 10.1. The van der Waals surface area contributed by atoms with Crippen molar-refractivity contribution in [1.82, 2.24) is 9.55 Å². The number of nitrogens with zero attached hydrogens (tertiary/aromatic N) is 2. The van der Waals surface area contributed by atoms with E-state index in [9.17, 15) is 0 Å². The van der Waals surface area contributed by atoms with Gasteiger partial charge >= 0.3 is 0 Å². The zero-order valence-corrected chi connectivity index (χ0v) is 9.76. The maximum atomic E-state index is 4.22. The quantitative estimate of drug-likeness (QED) is 0.748. The van der Waals surface area contributed by atoms with Crippen molar-refractivity contribution in [2.24, 2.45) is 0 Å². The van der Waals surface area contributed by atoms with Crippen LogP contribution in [0.2, 0.25) is 0 Å². The van der Waals surface area contributed by atoms with Crippen molar-refractivity contribution in [2.45, 2.75) is 32.7 Å². The van der Waals surface area contributed by atoms with Crippen molar-refractivity contribution >= 4 is 0 Å². The Hall–Kier alpha value is -1.57. The molecular formula is C14H18N2. The summed E-state index contributed by atoms with van der Waals surface area (Å²) in [6, 6.07) is 10.6. The predicted molar refractivity (Wildman–Crippen MR) is 66.4 cm³/mol. The van der Waals surface area contributed by atoms with Gasteiger partial charge in [-0.3, -0.25) is 0 Å².